The lowest BCUT2D eigenvalue weighted by molar-refractivity contribution is 0.482. The maximum atomic E-state index is 14.3. The van der Waals surface area contributed by atoms with Crippen molar-refractivity contribution in [3.8, 4) is 17.1 Å². The topological polar surface area (TPSA) is 109 Å². The highest BCUT2D eigenvalue weighted by Crippen LogP contribution is 2.31. The Bertz CT molecular complexity index is 1540. The maximum absolute atomic E-state index is 14.3. The normalized spacial score (nSPS) is 11.3. The second-order valence-corrected chi connectivity index (χ2v) is 7.44. The summed E-state index contributed by atoms with van der Waals surface area (Å²) in [5.41, 5.74) is 13.0. The van der Waals surface area contributed by atoms with E-state index in [0.29, 0.717) is 16.5 Å². The third-order valence-electron chi connectivity index (χ3n) is 5.28. The minimum Gasteiger partial charge on any atom is -0.383 e. The second kappa shape index (κ2) is 8.10. The van der Waals surface area contributed by atoms with Gasteiger partial charge in [-0.3, -0.25) is 4.98 Å². The van der Waals surface area contributed by atoms with Crippen LogP contribution < -0.4 is 11.5 Å². The van der Waals surface area contributed by atoms with Gasteiger partial charge in [-0.05, 0) is 24.3 Å². The molecule has 0 fully saturated rings. The van der Waals surface area contributed by atoms with Gasteiger partial charge in [0.05, 0.1) is 23.0 Å². The SMILES string of the molecule is Nc1nc(-n2nc(Cc3c(F)ccc(F)c3F)c3ccccc32)nc(N)c1-c1cncc(F)c1. The quantitative estimate of drug-likeness (QED) is 0.304. The molecule has 7 nitrogen and oxygen atoms in total. The van der Waals surface area contributed by atoms with Gasteiger partial charge in [-0.2, -0.15) is 19.7 Å². The first-order valence-electron chi connectivity index (χ1n) is 9.96. The number of halogens is 4. The number of nitrogens with two attached hydrogens (primary N) is 2. The number of pyridine rings is 1. The van der Waals surface area contributed by atoms with Crippen molar-refractivity contribution in [1.82, 2.24) is 24.7 Å². The van der Waals surface area contributed by atoms with Gasteiger partial charge < -0.3 is 11.5 Å². The van der Waals surface area contributed by atoms with E-state index in [0.717, 1.165) is 18.3 Å². The Morgan fingerprint density at radius 3 is 2.29 bits per heavy atom. The summed E-state index contributed by atoms with van der Waals surface area (Å²) in [6.45, 7) is 0. The first kappa shape index (κ1) is 21.3. The van der Waals surface area contributed by atoms with Crippen LogP contribution in [0.25, 0.3) is 28.0 Å². The van der Waals surface area contributed by atoms with Gasteiger partial charge in [0.15, 0.2) is 11.6 Å². The lowest BCUT2D eigenvalue weighted by atomic mass is 10.1. The molecule has 0 bridgehead atoms. The van der Waals surface area contributed by atoms with Crippen LogP contribution in [0.1, 0.15) is 11.3 Å². The molecule has 0 spiro atoms. The number of fused-ring (bicyclic) bond motifs is 1. The van der Waals surface area contributed by atoms with Crippen molar-refractivity contribution in [1.29, 1.82) is 0 Å². The van der Waals surface area contributed by atoms with E-state index >= 15 is 0 Å². The minimum atomic E-state index is -1.28. The fourth-order valence-electron chi connectivity index (χ4n) is 3.73. The average molecular weight is 465 g/mol. The summed E-state index contributed by atoms with van der Waals surface area (Å²) in [4.78, 5) is 12.3. The highest BCUT2D eigenvalue weighted by atomic mass is 19.2. The van der Waals surface area contributed by atoms with Crippen LogP contribution in [0, 0.1) is 23.3 Å². The summed E-state index contributed by atoms with van der Waals surface area (Å²) in [6, 6.07) is 9.62. The molecular formula is C23H15F4N7. The van der Waals surface area contributed by atoms with Crippen LogP contribution in [0.4, 0.5) is 29.2 Å². The molecule has 0 saturated carbocycles. The number of para-hydroxylation sites is 1. The van der Waals surface area contributed by atoms with Crippen molar-refractivity contribution in [2.24, 2.45) is 0 Å². The number of anilines is 2. The first-order chi connectivity index (χ1) is 16.3. The molecule has 2 aromatic carbocycles. The summed E-state index contributed by atoms with van der Waals surface area (Å²) in [5.74, 6) is -4.01. The molecule has 0 radical (unpaired) electrons. The van der Waals surface area contributed by atoms with Gasteiger partial charge in [0.25, 0.3) is 5.95 Å². The number of aromatic nitrogens is 5. The van der Waals surface area contributed by atoms with Gasteiger partial charge >= 0.3 is 0 Å². The third-order valence-corrected chi connectivity index (χ3v) is 5.28. The monoisotopic (exact) mass is 465 g/mol. The zero-order chi connectivity index (χ0) is 24.0. The van der Waals surface area contributed by atoms with Crippen LogP contribution in [0.2, 0.25) is 0 Å². The minimum absolute atomic E-state index is 0.00857. The number of benzene rings is 2. The molecule has 0 aliphatic carbocycles. The predicted octanol–water partition coefficient (Wildman–Crippen LogP) is 4.19. The maximum Gasteiger partial charge on any atom is 0.255 e. The van der Waals surface area contributed by atoms with Gasteiger partial charge in [0.1, 0.15) is 23.3 Å². The predicted molar refractivity (Wildman–Crippen MR) is 118 cm³/mol. The molecular weight excluding hydrogens is 450 g/mol. The van der Waals surface area contributed by atoms with Crippen LogP contribution in [0.15, 0.2) is 54.9 Å². The largest absolute Gasteiger partial charge is 0.383 e. The molecule has 0 amide bonds. The van der Waals surface area contributed by atoms with Crippen molar-refractivity contribution in [2.75, 3.05) is 11.5 Å². The molecule has 0 atom stereocenters. The summed E-state index contributed by atoms with van der Waals surface area (Å²) < 4.78 is 57.2. The Morgan fingerprint density at radius 2 is 1.56 bits per heavy atom. The van der Waals surface area contributed by atoms with Crippen LogP contribution in [-0.4, -0.2) is 24.7 Å². The van der Waals surface area contributed by atoms with E-state index in [9.17, 15) is 17.6 Å². The van der Waals surface area contributed by atoms with Crippen molar-refractivity contribution in [2.45, 2.75) is 6.42 Å². The molecule has 3 aromatic heterocycles. The molecule has 0 saturated heterocycles. The summed E-state index contributed by atoms with van der Waals surface area (Å²) in [5, 5.41) is 4.96. The second-order valence-electron chi connectivity index (χ2n) is 7.44. The molecule has 3 heterocycles. The van der Waals surface area contributed by atoms with Crippen molar-refractivity contribution in [3.05, 3.63) is 89.4 Å². The van der Waals surface area contributed by atoms with Gasteiger partial charge in [-0.1, -0.05) is 18.2 Å². The number of hydrogen-bond acceptors (Lipinski definition) is 6. The van der Waals surface area contributed by atoms with Crippen LogP contribution in [0.3, 0.4) is 0 Å². The van der Waals surface area contributed by atoms with E-state index in [2.05, 4.69) is 20.1 Å². The van der Waals surface area contributed by atoms with Gasteiger partial charge in [-0.15, -0.1) is 0 Å². The van der Waals surface area contributed by atoms with E-state index in [-0.39, 0.29) is 35.3 Å². The summed E-state index contributed by atoms with van der Waals surface area (Å²) in [6.07, 6.45) is 2.09. The van der Waals surface area contributed by atoms with E-state index in [1.165, 1.54) is 16.9 Å². The lowest BCUT2D eigenvalue weighted by Gasteiger charge is -2.10. The van der Waals surface area contributed by atoms with E-state index < -0.39 is 28.8 Å². The van der Waals surface area contributed by atoms with E-state index in [1.807, 2.05) is 0 Å². The Labute approximate surface area is 189 Å². The summed E-state index contributed by atoms with van der Waals surface area (Å²) in [7, 11) is 0. The van der Waals surface area contributed by atoms with Crippen LogP contribution in [-0.2, 0) is 6.42 Å². The van der Waals surface area contributed by atoms with E-state index in [4.69, 9.17) is 11.5 Å². The molecule has 11 heteroatoms. The Kier molecular flexibility index (Phi) is 5.08. The first-order valence-corrected chi connectivity index (χ1v) is 9.96. The Hall–Kier alpha value is -4.54. The van der Waals surface area contributed by atoms with Crippen molar-refractivity contribution in [3.63, 3.8) is 0 Å². The zero-order valence-corrected chi connectivity index (χ0v) is 17.3. The molecule has 5 rings (SSSR count). The Balaban J connectivity index is 1.64. The fraction of sp³-hybridized carbons (Fsp3) is 0.0435. The fourth-order valence-corrected chi connectivity index (χ4v) is 3.73. The van der Waals surface area contributed by atoms with Crippen molar-refractivity contribution >= 4 is 22.5 Å². The average Bonchev–Trinajstić information content (AvgIpc) is 3.17. The standard InChI is InChI=1S/C23H15F4N7/c24-12-7-11(9-30-10-12)19-21(28)31-23(32-22(19)29)34-18-4-2-1-3-13(18)17(33-34)8-14-15(25)5-6-16(26)20(14)27/h1-7,9-10H,8H2,(H4,28,29,31,32). The molecule has 5 aromatic rings. The van der Waals surface area contributed by atoms with Crippen molar-refractivity contribution < 1.29 is 17.6 Å². The third kappa shape index (κ3) is 3.56. The molecule has 0 aliphatic rings. The van der Waals surface area contributed by atoms with Gasteiger partial charge in [0.2, 0.25) is 0 Å². The van der Waals surface area contributed by atoms with Gasteiger partial charge in [-0.25, -0.2) is 17.6 Å². The number of nitrogen functional groups attached to an aromatic ring is 2. The molecule has 0 aliphatic heterocycles. The Morgan fingerprint density at radius 1 is 0.853 bits per heavy atom. The number of nitrogens with zero attached hydrogens (tertiary/aromatic N) is 5. The smallest absolute Gasteiger partial charge is 0.255 e. The zero-order valence-electron chi connectivity index (χ0n) is 17.3. The molecule has 34 heavy (non-hydrogen) atoms. The highest BCUT2D eigenvalue weighted by molar-refractivity contribution is 5.85. The van der Waals surface area contributed by atoms with Crippen LogP contribution in [0.5, 0.6) is 0 Å². The van der Waals surface area contributed by atoms with Crippen LogP contribution >= 0.6 is 0 Å². The number of hydrogen-bond donors (Lipinski definition) is 2. The lowest BCUT2D eigenvalue weighted by Crippen LogP contribution is -2.10. The van der Waals surface area contributed by atoms with Gasteiger partial charge in [0, 0.05) is 29.1 Å². The van der Waals surface area contributed by atoms with E-state index in [1.54, 1.807) is 24.3 Å². The number of rotatable bonds is 4. The molecule has 4 N–H and O–H groups in total. The summed E-state index contributed by atoms with van der Waals surface area (Å²) >= 11 is 0. The highest BCUT2D eigenvalue weighted by Gasteiger charge is 2.21. The molecule has 0 unspecified atom stereocenters. The molecule has 170 valence electrons.